The summed E-state index contributed by atoms with van der Waals surface area (Å²) in [5, 5.41) is 5.64. The topological polar surface area (TPSA) is 17.0 Å². The third-order valence-electron chi connectivity index (χ3n) is 3.56. The summed E-state index contributed by atoms with van der Waals surface area (Å²) in [5.74, 6) is 2.42. The minimum atomic E-state index is 0.817. The standard InChI is InChI=1S/C17H25ClN2S/c1-3-8-19-12-14-13-20(9-5-10-21-4-2)17-11-15(18)6-7-16(14)17/h6-7,11,13,19H,3-5,8-10,12H2,1-2H3. The van der Waals surface area contributed by atoms with Crippen molar-refractivity contribution in [1.29, 1.82) is 0 Å². The molecule has 0 spiro atoms. The normalized spacial score (nSPS) is 11.4. The zero-order valence-electron chi connectivity index (χ0n) is 13.0. The number of hydrogen-bond donors (Lipinski definition) is 1. The maximum Gasteiger partial charge on any atom is 0.0498 e. The summed E-state index contributed by atoms with van der Waals surface area (Å²) in [6.45, 7) is 7.47. The zero-order chi connectivity index (χ0) is 15.1. The number of fused-ring (bicyclic) bond motifs is 1. The van der Waals surface area contributed by atoms with E-state index in [0.29, 0.717) is 0 Å². The van der Waals surface area contributed by atoms with Gasteiger partial charge in [-0.2, -0.15) is 11.8 Å². The van der Waals surface area contributed by atoms with Gasteiger partial charge in [0.1, 0.15) is 0 Å². The summed E-state index contributed by atoms with van der Waals surface area (Å²) < 4.78 is 2.36. The summed E-state index contributed by atoms with van der Waals surface area (Å²) in [7, 11) is 0. The lowest BCUT2D eigenvalue weighted by Crippen LogP contribution is -2.13. The Bertz CT molecular complexity index is 565. The van der Waals surface area contributed by atoms with Crippen molar-refractivity contribution >= 4 is 34.3 Å². The van der Waals surface area contributed by atoms with Crippen molar-refractivity contribution in [3.8, 4) is 0 Å². The molecule has 1 heterocycles. The first-order valence-corrected chi connectivity index (χ1v) is 9.35. The molecule has 0 aliphatic heterocycles. The second kappa shape index (κ2) is 8.72. The monoisotopic (exact) mass is 324 g/mol. The highest BCUT2D eigenvalue weighted by Crippen LogP contribution is 2.25. The largest absolute Gasteiger partial charge is 0.347 e. The first-order valence-electron chi connectivity index (χ1n) is 7.82. The van der Waals surface area contributed by atoms with E-state index in [9.17, 15) is 0 Å². The minimum Gasteiger partial charge on any atom is -0.347 e. The number of aromatic nitrogens is 1. The molecule has 0 radical (unpaired) electrons. The summed E-state index contributed by atoms with van der Waals surface area (Å²) in [4.78, 5) is 0. The number of hydrogen-bond acceptors (Lipinski definition) is 2. The molecule has 0 bridgehead atoms. The van der Waals surface area contributed by atoms with Crippen LogP contribution >= 0.6 is 23.4 Å². The fourth-order valence-electron chi connectivity index (χ4n) is 2.55. The van der Waals surface area contributed by atoms with E-state index in [1.54, 1.807) is 0 Å². The van der Waals surface area contributed by atoms with Crippen LogP contribution in [0.1, 0.15) is 32.3 Å². The van der Waals surface area contributed by atoms with Gasteiger partial charge in [-0.3, -0.25) is 0 Å². The Kier molecular flexibility index (Phi) is 6.94. The zero-order valence-corrected chi connectivity index (χ0v) is 14.6. The average molecular weight is 325 g/mol. The Labute approximate surface area is 137 Å². The fourth-order valence-corrected chi connectivity index (χ4v) is 3.34. The van der Waals surface area contributed by atoms with Crippen LogP contribution in [0.15, 0.2) is 24.4 Å². The molecule has 1 aromatic heterocycles. The Hall–Kier alpha value is -0.640. The van der Waals surface area contributed by atoms with E-state index in [0.717, 1.165) is 24.7 Å². The molecule has 1 N–H and O–H groups in total. The van der Waals surface area contributed by atoms with Crippen LogP contribution < -0.4 is 5.32 Å². The van der Waals surface area contributed by atoms with E-state index in [1.165, 1.54) is 40.8 Å². The molecule has 0 saturated carbocycles. The van der Waals surface area contributed by atoms with Crippen LogP contribution in [-0.2, 0) is 13.1 Å². The lowest BCUT2D eigenvalue weighted by Gasteiger charge is -2.05. The molecule has 0 unspecified atom stereocenters. The third-order valence-corrected chi connectivity index (χ3v) is 4.78. The lowest BCUT2D eigenvalue weighted by molar-refractivity contribution is 0.668. The third kappa shape index (κ3) is 4.67. The number of thioether (sulfide) groups is 1. The van der Waals surface area contributed by atoms with E-state index < -0.39 is 0 Å². The van der Waals surface area contributed by atoms with Gasteiger partial charge >= 0.3 is 0 Å². The van der Waals surface area contributed by atoms with Crippen molar-refractivity contribution in [1.82, 2.24) is 9.88 Å². The fraction of sp³-hybridized carbons (Fsp3) is 0.529. The van der Waals surface area contributed by atoms with Gasteiger partial charge < -0.3 is 9.88 Å². The minimum absolute atomic E-state index is 0.817. The first kappa shape index (κ1) is 16.7. The number of rotatable bonds is 9. The van der Waals surface area contributed by atoms with E-state index in [1.807, 2.05) is 17.8 Å². The van der Waals surface area contributed by atoms with Gasteiger partial charge in [-0.1, -0.05) is 31.5 Å². The predicted molar refractivity (Wildman–Crippen MR) is 96.6 cm³/mol. The summed E-state index contributed by atoms with van der Waals surface area (Å²) >= 11 is 8.19. The Balaban J connectivity index is 2.16. The SMILES string of the molecule is CCCNCc1cn(CCCSCC)c2cc(Cl)ccc12. The van der Waals surface area contributed by atoms with Crippen LogP contribution in [0.3, 0.4) is 0 Å². The van der Waals surface area contributed by atoms with Gasteiger partial charge in [0, 0.05) is 35.2 Å². The van der Waals surface area contributed by atoms with Gasteiger partial charge in [-0.25, -0.2) is 0 Å². The van der Waals surface area contributed by atoms with E-state index in [2.05, 4.69) is 42.1 Å². The Morgan fingerprint density at radius 2 is 2.14 bits per heavy atom. The first-order chi connectivity index (χ1) is 10.3. The Morgan fingerprint density at radius 1 is 1.29 bits per heavy atom. The second-order valence-electron chi connectivity index (χ2n) is 5.24. The number of benzene rings is 1. The predicted octanol–water partition coefficient (Wildman–Crippen LogP) is 4.94. The number of halogens is 1. The molecule has 0 saturated heterocycles. The molecule has 2 rings (SSSR count). The smallest absolute Gasteiger partial charge is 0.0498 e. The molecule has 4 heteroatoms. The lowest BCUT2D eigenvalue weighted by atomic mass is 10.2. The quantitative estimate of drug-likeness (QED) is 0.658. The molecular weight excluding hydrogens is 300 g/mol. The molecule has 0 atom stereocenters. The van der Waals surface area contributed by atoms with Crippen LogP contribution in [0.25, 0.3) is 10.9 Å². The number of nitrogens with zero attached hydrogens (tertiary/aromatic N) is 1. The number of aryl methyl sites for hydroxylation is 1. The van der Waals surface area contributed by atoms with Gasteiger partial charge in [0.25, 0.3) is 0 Å². The van der Waals surface area contributed by atoms with Crippen molar-refractivity contribution in [2.24, 2.45) is 0 Å². The molecule has 116 valence electrons. The van der Waals surface area contributed by atoms with Crippen LogP contribution in [0.2, 0.25) is 5.02 Å². The molecule has 2 nitrogen and oxygen atoms in total. The highest BCUT2D eigenvalue weighted by molar-refractivity contribution is 7.99. The van der Waals surface area contributed by atoms with Gasteiger partial charge in [0.15, 0.2) is 0 Å². The van der Waals surface area contributed by atoms with E-state index >= 15 is 0 Å². The van der Waals surface area contributed by atoms with Gasteiger partial charge in [0.2, 0.25) is 0 Å². The summed E-state index contributed by atoms with van der Waals surface area (Å²) in [5.41, 5.74) is 2.63. The van der Waals surface area contributed by atoms with Crippen LogP contribution in [0, 0.1) is 0 Å². The maximum absolute atomic E-state index is 6.18. The van der Waals surface area contributed by atoms with Gasteiger partial charge in [-0.15, -0.1) is 0 Å². The van der Waals surface area contributed by atoms with Crippen molar-refractivity contribution < 1.29 is 0 Å². The molecule has 21 heavy (non-hydrogen) atoms. The number of nitrogens with one attached hydrogen (secondary N) is 1. The molecular formula is C17H25ClN2S. The molecule has 1 aromatic carbocycles. The van der Waals surface area contributed by atoms with Crippen molar-refractivity contribution in [2.45, 2.75) is 39.8 Å². The van der Waals surface area contributed by atoms with Crippen LogP contribution in [0.4, 0.5) is 0 Å². The molecule has 0 amide bonds. The highest BCUT2D eigenvalue weighted by atomic mass is 35.5. The van der Waals surface area contributed by atoms with Crippen molar-refractivity contribution in [3.63, 3.8) is 0 Å². The van der Waals surface area contributed by atoms with Crippen LogP contribution in [0.5, 0.6) is 0 Å². The van der Waals surface area contributed by atoms with E-state index in [4.69, 9.17) is 11.6 Å². The average Bonchev–Trinajstić information content (AvgIpc) is 2.81. The van der Waals surface area contributed by atoms with E-state index in [-0.39, 0.29) is 0 Å². The molecule has 0 fully saturated rings. The Morgan fingerprint density at radius 3 is 2.90 bits per heavy atom. The maximum atomic E-state index is 6.18. The van der Waals surface area contributed by atoms with Gasteiger partial charge in [0.05, 0.1) is 0 Å². The summed E-state index contributed by atoms with van der Waals surface area (Å²) in [6, 6.07) is 6.23. The molecule has 0 aliphatic carbocycles. The summed E-state index contributed by atoms with van der Waals surface area (Å²) in [6.07, 6.45) is 4.66. The van der Waals surface area contributed by atoms with Crippen LogP contribution in [-0.4, -0.2) is 22.6 Å². The highest BCUT2D eigenvalue weighted by Gasteiger charge is 2.08. The van der Waals surface area contributed by atoms with Crippen molar-refractivity contribution in [3.05, 3.63) is 35.0 Å². The molecule has 0 aliphatic rings. The van der Waals surface area contributed by atoms with Crippen molar-refractivity contribution in [2.75, 3.05) is 18.1 Å². The second-order valence-corrected chi connectivity index (χ2v) is 7.07. The van der Waals surface area contributed by atoms with Gasteiger partial charge in [-0.05, 0) is 48.6 Å². The molecule has 2 aromatic rings.